The fraction of sp³-hybridized carbons (Fsp3) is 0.444. The van der Waals surface area contributed by atoms with Gasteiger partial charge >= 0.3 is 5.97 Å². The van der Waals surface area contributed by atoms with E-state index in [2.05, 4.69) is 0 Å². The van der Waals surface area contributed by atoms with E-state index in [1.807, 2.05) is 48.1 Å². The van der Waals surface area contributed by atoms with Gasteiger partial charge in [-0.2, -0.15) is 8.42 Å². The molecule has 1 aromatic carbocycles. The van der Waals surface area contributed by atoms with E-state index in [1.165, 1.54) is 0 Å². The van der Waals surface area contributed by atoms with Crippen molar-refractivity contribution >= 4 is 27.4 Å². The number of hydrogen-bond donors (Lipinski definition) is 0. The van der Waals surface area contributed by atoms with E-state index in [9.17, 15) is 13.2 Å². The van der Waals surface area contributed by atoms with Crippen LogP contribution in [0.3, 0.4) is 0 Å². The molecule has 1 aliphatic heterocycles. The lowest BCUT2D eigenvalue weighted by molar-refractivity contribution is 0.0512. The number of thiophene rings is 1. The van der Waals surface area contributed by atoms with Crippen LogP contribution >= 0.6 is 11.3 Å². The quantitative estimate of drug-likeness (QED) is 0.182. The van der Waals surface area contributed by atoms with E-state index >= 15 is 0 Å². The summed E-state index contributed by atoms with van der Waals surface area (Å²) in [4.78, 5) is 14.3. The first-order chi connectivity index (χ1) is 17.6. The molecule has 4 rings (SSSR count). The van der Waals surface area contributed by atoms with E-state index in [0.29, 0.717) is 43.0 Å². The average Bonchev–Trinajstić information content (AvgIpc) is 3.46. The number of aromatic nitrogens is 1. The minimum atomic E-state index is -3.55. The third-order valence-electron chi connectivity index (χ3n) is 6.08. The van der Waals surface area contributed by atoms with Crippen molar-refractivity contribution in [1.82, 2.24) is 4.57 Å². The average molecular weight is 548 g/mol. The van der Waals surface area contributed by atoms with Crippen LogP contribution in [-0.2, 0) is 38.4 Å². The summed E-state index contributed by atoms with van der Waals surface area (Å²) in [5, 5.41) is 2.01. The summed E-state index contributed by atoms with van der Waals surface area (Å²) in [7, 11) is -1.92. The first kappa shape index (κ1) is 27.2. The van der Waals surface area contributed by atoms with E-state index < -0.39 is 10.1 Å². The molecule has 0 bridgehead atoms. The first-order valence-corrected chi connectivity index (χ1v) is 15.0. The Kier molecular flexibility index (Phi) is 8.30. The maximum Gasteiger partial charge on any atom is 0.355 e. The molecule has 3 heterocycles. The third-order valence-corrected chi connectivity index (χ3v) is 7.56. The van der Waals surface area contributed by atoms with Gasteiger partial charge in [0.1, 0.15) is 5.69 Å². The maximum atomic E-state index is 13.3. The smallest absolute Gasteiger partial charge is 0.355 e. The van der Waals surface area contributed by atoms with Crippen molar-refractivity contribution in [2.75, 3.05) is 26.6 Å². The summed E-state index contributed by atoms with van der Waals surface area (Å²) >= 11 is 1.59. The van der Waals surface area contributed by atoms with Crippen LogP contribution in [0.1, 0.15) is 48.8 Å². The van der Waals surface area contributed by atoms with Crippen LogP contribution in [0.4, 0.5) is 0 Å². The van der Waals surface area contributed by atoms with Crippen molar-refractivity contribution < 1.29 is 31.6 Å². The summed E-state index contributed by atoms with van der Waals surface area (Å²) in [6.45, 7) is 6.61. The SMILES string of the molecule is CCOC(=O)c1c(CCCOS(C)(=O)=O)c(-c2cccs2)c2n1CCc1cc(OC)c(OC(C)C)cc1-2. The lowest BCUT2D eigenvalue weighted by Crippen LogP contribution is -2.19. The van der Waals surface area contributed by atoms with Crippen molar-refractivity contribution in [2.45, 2.75) is 52.7 Å². The summed E-state index contributed by atoms with van der Waals surface area (Å²) in [5.41, 5.74) is 5.32. The van der Waals surface area contributed by atoms with Gasteiger partial charge in [0.25, 0.3) is 10.1 Å². The molecule has 2 aromatic heterocycles. The van der Waals surface area contributed by atoms with E-state index in [1.54, 1.807) is 25.4 Å². The van der Waals surface area contributed by atoms with Gasteiger partial charge in [-0.15, -0.1) is 11.3 Å². The molecule has 0 spiro atoms. The topological polar surface area (TPSA) is 93.1 Å². The second kappa shape index (κ2) is 11.3. The molecule has 0 radical (unpaired) electrons. The number of aryl methyl sites for hydroxylation is 1. The molecular formula is C27H33NO7S2. The zero-order valence-corrected chi connectivity index (χ0v) is 23.5. The summed E-state index contributed by atoms with van der Waals surface area (Å²) in [5.74, 6) is 0.930. The Balaban J connectivity index is 1.93. The van der Waals surface area contributed by atoms with Gasteiger partial charge < -0.3 is 18.8 Å². The Bertz CT molecular complexity index is 1370. The normalized spacial score (nSPS) is 12.8. The summed E-state index contributed by atoms with van der Waals surface area (Å²) < 4.78 is 47.2. The first-order valence-electron chi connectivity index (χ1n) is 12.3. The van der Waals surface area contributed by atoms with E-state index in [0.717, 1.165) is 39.1 Å². The highest BCUT2D eigenvalue weighted by atomic mass is 32.2. The monoisotopic (exact) mass is 547 g/mol. The second-order valence-electron chi connectivity index (χ2n) is 9.11. The van der Waals surface area contributed by atoms with Crippen LogP contribution < -0.4 is 9.47 Å². The molecule has 0 aliphatic carbocycles. The fourth-order valence-electron chi connectivity index (χ4n) is 4.76. The standard InChI is InChI=1S/C27H33NO7S2/c1-6-33-27(29)26-19(9-7-13-34-37(5,30)31)24(23-10-8-14-36-23)25-20-16-22(35-17(2)3)21(32-4)15-18(20)11-12-28(25)26/h8,10,14-17H,6-7,9,11-13H2,1-5H3. The Hall–Kier alpha value is -2.82. The summed E-state index contributed by atoms with van der Waals surface area (Å²) in [6, 6.07) is 8.04. The second-order valence-corrected chi connectivity index (χ2v) is 11.7. The van der Waals surface area contributed by atoms with Crippen LogP contribution in [0, 0.1) is 0 Å². The van der Waals surface area contributed by atoms with Gasteiger partial charge in [0, 0.05) is 22.5 Å². The lowest BCUT2D eigenvalue weighted by Gasteiger charge is -2.24. The van der Waals surface area contributed by atoms with Crippen molar-refractivity contribution in [1.29, 1.82) is 0 Å². The number of rotatable bonds is 11. The van der Waals surface area contributed by atoms with Gasteiger partial charge in [-0.3, -0.25) is 4.18 Å². The molecule has 0 saturated heterocycles. The molecule has 0 amide bonds. The Morgan fingerprint density at radius 2 is 2.00 bits per heavy atom. The fourth-order valence-corrected chi connectivity index (χ4v) is 5.98. The molecule has 3 aromatic rings. The molecule has 200 valence electrons. The van der Waals surface area contributed by atoms with E-state index in [-0.39, 0.29) is 25.3 Å². The highest BCUT2D eigenvalue weighted by molar-refractivity contribution is 7.85. The lowest BCUT2D eigenvalue weighted by atomic mass is 9.93. The molecule has 0 N–H and O–H groups in total. The molecule has 0 saturated carbocycles. The Labute approximate surface area is 222 Å². The highest BCUT2D eigenvalue weighted by Gasteiger charge is 2.33. The molecule has 0 fully saturated rings. The Morgan fingerprint density at radius 1 is 1.22 bits per heavy atom. The Morgan fingerprint density at radius 3 is 2.62 bits per heavy atom. The van der Waals surface area contributed by atoms with Gasteiger partial charge in [0.2, 0.25) is 0 Å². The van der Waals surface area contributed by atoms with Crippen molar-refractivity contribution in [3.63, 3.8) is 0 Å². The number of carbonyl (C=O) groups is 1. The number of hydrogen-bond acceptors (Lipinski definition) is 8. The zero-order chi connectivity index (χ0) is 26.7. The maximum absolute atomic E-state index is 13.3. The molecule has 37 heavy (non-hydrogen) atoms. The molecular weight excluding hydrogens is 514 g/mol. The van der Waals surface area contributed by atoms with Gasteiger partial charge in [0.15, 0.2) is 11.5 Å². The number of ether oxygens (including phenoxy) is 3. The molecule has 0 atom stereocenters. The number of esters is 1. The van der Waals surface area contributed by atoms with E-state index in [4.69, 9.17) is 18.4 Å². The van der Waals surface area contributed by atoms with Crippen LogP contribution in [0.15, 0.2) is 29.6 Å². The minimum absolute atomic E-state index is 0.0334. The third kappa shape index (κ3) is 5.86. The predicted molar refractivity (Wildman–Crippen MR) is 144 cm³/mol. The number of methoxy groups -OCH3 is 1. The number of carbonyl (C=O) groups excluding carboxylic acids is 1. The number of benzene rings is 1. The van der Waals surface area contributed by atoms with Crippen molar-refractivity contribution in [3.8, 4) is 33.2 Å². The minimum Gasteiger partial charge on any atom is -0.493 e. The number of fused-ring (bicyclic) bond motifs is 3. The van der Waals surface area contributed by atoms with Gasteiger partial charge in [-0.1, -0.05) is 6.07 Å². The van der Waals surface area contributed by atoms with Crippen molar-refractivity contribution in [3.05, 3.63) is 46.5 Å². The molecule has 10 heteroatoms. The van der Waals surface area contributed by atoms with Gasteiger partial charge in [-0.05, 0) is 74.7 Å². The molecule has 1 aliphatic rings. The summed E-state index contributed by atoms with van der Waals surface area (Å²) in [6.07, 6.45) is 2.59. The highest BCUT2D eigenvalue weighted by Crippen LogP contribution is 2.47. The van der Waals surface area contributed by atoms with Crippen molar-refractivity contribution in [2.24, 2.45) is 0 Å². The molecule has 0 unspecified atom stereocenters. The molecule has 8 nitrogen and oxygen atoms in total. The number of nitrogens with zero attached hydrogens (tertiary/aromatic N) is 1. The van der Waals surface area contributed by atoms with Gasteiger partial charge in [0.05, 0.1) is 38.4 Å². The largest absolute Gasteiger partial charge is 0.493 e. The zero-order valence-electron chi connectivity index (χ0n) is 21.8. The predicted octanol–water partition coefficient (Wildman–Crippen LogP) is 5.32. The van der Waals surface area contributed by atoms with Crippen LogP contribution in [0.25, 0.3) is 21.7 Å². The van der Waals surface area contributed by atoms with Crippen LogP contribution in [-0.4, -0.2) is 51.6 Å². The van der Waals surface area contributed by atoms with Gasteiger partial charge in [-0.25, -0.2) is 4.79 Å². The van der Waals surface area contributed by atoms with Crippen LogP contribution in [0.5, 0.6) is 11.5 Å². The van der Waals surface area contributed by atoms with Crippen LogP contribution in [0.2, 0.25) is 0 Å².